The van der Waals surface area contributed by atoms with Gasteiger partial charge >= 0.3 is 0 Å². The molecule has 0 bridgehead atoms. The highest BCUT2D eigenvalue weighted by atomic mass is 32.2. The lowest BCUT2D eigenvalue weighted by Gasteiger charge is -2.36. The number of piperazine rings is 1. The number of rotatable bonds is 7. The first-order valence-corrected chi connectivity index (χ1v) is 11.5. The molecule has 1 aliphatic rings. The Bertz CT molecular complexity index is 876. The van der Waals surface area contributed by atoms with Gasteiger partial charge in [0.15, 0.2) is 0 Å². The van der Waals surface area contributed by atoms with E-state index in [1.54, 1.807) is 6.07 Å². The number of benzene rings is 2. The van der Waals surface area contributed by atoms with Gasteiger partial charge in [-0.15, -0.1) is 0 Å². The molecule has 28 heavy (non-hydrogen) atoms. The van der Waals surface area contributed by atoms with Gasteiger partial charge < -0.3 is 4.90 Å². The topological polar surface area (TPSA) is 52.7 Å². The fraction of sp³-hybridized carbons (Fsp3) is 0.455. The summed E-state index contributed by atoms with van der Waals surface area (Å²) in [4.78, 5) is 5.20. The highest BCUT2D eigenvalue weighted by Crippen LogP contribution is 2.18. The molecule has 6 heteroatoms. The molecule has 1 fully saturated rings. The second-order valence-corrected chi connectivity index (χ2v) is 9.43. The van der Waals surface area contributed by atoms with E-state index in [-0.39, 0.29) is 6.04 Å². The summed E-state index contributed by atoms with van der Waals surface area (Å²) in [6.07, 6.45) is 0.801. The van der Waals surface area contributed by atoms with E-state index in [9.17, 15) is 8.42 Å². The number of para-hydroxylation sites is 1. The molecule has 1 aliphatic heterocycles. The SMILES string of the molecule is Cc1ccc(S(=O)(=O)N[C@@H](C)CCN2CCN(c3ccccc3)CC2)c(C)c1. The molecule has 1 N–H and O–H groups in total. The molecule has 1 atom stereocenters. The van der Waals surface area contributed by atoms with Crippen LogP contribution in [0.1, 0.15) is 24.5 Å². The van der Waals surface area contributed by atoms with Crippen LogP contribution >= 0.6 is 0 Å². The van der Waals surface area contributed by atoms with Crippen LogP contribution in [0.5, 0.6) is 0 Å². The molecule has 0 unspecified atom stereocenters. The molecule has 0 radical (unpaired) electrons. The minimum absolute atomic E-state index is 0.0992. The van der Waals surface area contributed by atoms with Crippen LogP contribution < -0.4 is 9.62 Å². The maximum absolute atomic E-state index is 12.7. The van der Waals surface area contributed by atoms with E-state index < -0.39 is 10.0 Å². The van der Waals surface area contributed by atoms with Gasteiger partial charge in [-0.2, -0.15) is 0 Å². The second-order valence-electron chi connectivity index (χ2n) is 7.74. The molecule has 0 saturated carbocycles. The standard InChI is InChI=1S/C22H31N3O2S/c1-18-9-10-22(19(2)17-18)28(26,27)23-20(3)11-12-24-13-15-25(16-14-24)21-7-5-4-6-8-21/h4-10,17,20,23H,11-16H2,1-3H3/t20-/m0/s1. The summed E-state index contributed by atoms with van der Waals surface area (Å²) >= 11 is 0. The van der Waals surface area contributed by atoms with Crippen molar-refractivity contribution in [2.75, 3.05) is 37.6 Å². The van der Waals surface area contributed by atoms with Gasteiger partial charge in [0.25, 0.3) is 0 Å². The summed E-state index contributed by atoms with van der Waals surface area (Å²) in [6, 6.07) is 15.8. The zero-order valence-corrected chi connectivity index (χ0v) is 17.9. The Morgan fingerprint density at radius 1 is 1.00 bits per heavy atom. The summed E-state index contributed by atoms with van der Waals surface area (Å²) < 4.78 is 28.2. The van der Waals surface area contributed by atoms with Crippen LogP contribution in [-0.2, 0) is 10.0 Å². The first-order chi connectivity index (χ1) is 13.3. The zero-order chi connectivity index (χ0) is 20.1. The molecule has 5 nitrogen and oxygen atoms in total. The summed E-state index contributed by atoms with van der Waals surface area (Å²) in [7, 11) is -3.48. The first-order valence-electron chi connectivity index (χ1n) is 9.97. The maximum Gasteiger partial charge on any atom is 0.241 e. The van der Waals surface area contributed by atoms with E-state index in [1.165, 1.54) is 5.69 Å². The van der Waals surface area contributed by atoms with E-state index in [4.69, 9.17) is 0 Å². The Morgan fingerprint density at radius 2 is 1.68 bits per heavy atom. The van der Waals surface area contributed by atoms with Crippen LogP contribution in [0.4, 0.5) is 5.69 Å². The highest BCUT2D eigenvalue weighted by molar-refractivity contribution is 7.89. The number of aryl methyl sites for hydroxylation is 2. The van der Waals surface area contributed by atoms with Crippen LogP contribution in [0.25, 0.3) is 0 Å². The molecule has 0 aliphatic carbocycles. The number of hydrogen-bond acceptors (Lipinski definition) is 4. The van der Waals surface area contributed by atoms with Gasteiger partial charge in [-0.1, -0.05) is 35.9 Å². The van der Waals surface area contributed by atoms with Crippen LogP contribution in [0, 0.1) is 13.8 Å². The average molecular weight is 402 g/mol. The average Bonchev–Trinajstić information content (AvgIpc) is 2.67. The van der Waals surface area contributed by atoms with Crippen LogP contribution in [0.15, 0.2) is 53.4 Å². The quantitative estimate of drug-likeness (QED) is 0.774. The molecule has 0 aromatic heterocycles. The fourth-order valence-corrected chi connectivity index (χ4v) is 5.24. The monoisotopic (exact) mass is 401 g/mol. The molecule has 1 heterocycles. The molecule has 2 aromatic carbocycles. The minimum atomic E-state index is -3.48. The van der Waals surface area contributed by atoms with Gasteiger partial charge in [-0.25, -0.2) is 13.1 Å². The van der Waals surface area contributed by atoms with Crippen molar-refractivity contribution in [2.24, 2.45) is 0 Å². The smallest absolute Gasteiger partial charge is 0.241 e. The zero-order valence-electron chi connectivity index (χ0n) is 17.1. The van der Waals surface area contributed by atoms with Crippen molar-refractivity contribution >= 4 is 15.7 Å². The Morgan fingerprint density at radius 3 is 2.32 bits per heavy atom. The molecular weight excluding hydrogens is 370 g/mol. The summed E-state index contributed by atoms with van der Waals surface area (Å²) in [5.74, 6) is 0. The lowest BCUT2D eigenvalue weighted by atomic mass is 10.2. The summed E-state index contributed by atoms with van der Waals surface area (Å²) in [6.45, 7) is 10.7. The van der Waals surface area contributed by atoms with Crippen LogP contribution in [0.2, 0.25) is 0 Å². The molecule has 1 saturated heterocycles. The minimum Gasteiger partial charge on any atom is -0.369 e. The predicted octanol–water partition coefficient (Wildman–Crippen LogP) is 3.18. The van der Waals surface area contributed by atoms with Crippen molar-refractivity contribution in [2.45, 2.75) is 38.1 Å². The largest absolute Gasteiger partial charge is 0.369 e. The lowest BCUT2D eigenvalue weighted by molar-refractivity contribution is 0.248. The summed E-state index contributed by atoms with van der Waals surface area (Å²) in [5, 5.41) is 0. The maximum atomic E-state index is 12.7. The Kier molecular flexibility index (Phi) is 6.75. The first kappa shape index (κ1) is 20.8. The Labute approximate surface area is 169 Å². The fourth-order valence-electron chi connectivity index (χ4n) is 3.73. The van der Waals surface area contributed by atoms with E-state index in [1.807, 2.05) is 39.0 Å². The van der Waals surface area contributed by atoms with E-state index in [0.29, 0.717) is 4.90 Å². The molecule has 2 aromatic rings. The van der Waals surface area contributed by atoms with Crippen molar-refractivity contribution in [3.05, 3.63) is 59.7 Å². The molecule has 0 spiro atoms. The van der Waals surface area contributed by atoms with E-state index >= 15 is 0 Å². The number of nitrogens with one attached hydrogen (secondary N) is 1. The van der Waals surface area contributed by atoms with Gasteiger partial charge in [-0.05, 0) is 57.5 Å². The summed E-state index contributed by atoms with van der Waals surface area (Å²) in [5.41, 5.74) is 3.13. The third-order valence-electron chi connectivity index (χ3n) is 5.35. The lowest BCUT2D eigenvalue weighted by Crippen LogP contribution is -2.47. The predicted molar refractivity (Wildman–Crippen MR) is 115 cm³/mol. The van der Waals surface area contributed by atoms with Crippen molar-refractivity contribution in [3.63, 3.8) is 0 Å². The third-order valence-corrected chi connectivity index (χ3v) is 7.10. The third kappa shape index (κ3) is 5.34. The number of nitrogens with zero attached hydrogens (tertiary/aromatic N) is 2. The van der Waals surface area contributed by atoms with Crippen molar-refractivity contribution in [1.82, 2.24) is 9.62 Å². The van der Waals surface area contributed by atoms with Gasteiger partial charge in [-0.3, -0.25) is 4.90 Å². The van der Waals surface area contributed by atoms with Crippen molar-refractivity contribution in [1.29, 1.82) is 0 Å². The Balaban J connectivity index is 1.47. The molecular formula is C22H31N3O2S. The van der Waals surface area contributed by atoms with Crippen LogP contribution in [-0.4, -0.2) is 52.1 Å². The number of hydrogen-bond donors (Lipinski definition) is 1. The van der Waals surface area contributed by atoms with Crippen LogP contribution in [0.3, 0.4) is 0 Å². The molecule has 3 rings (SSSR count). The van der Waals surface area contributed by atoms with E-state index in [0.717, 1.165) is 50.3 Å². The second kappa shape index (κ2) is 9.07. The number of anilines is 1. The van der Waals surface area contributed by atoms with Gasteiger partial charge in [0.1, 0.15) is 0 Å². The van der Waals surface area contributed by atoms with Gasteiger partial charge in [0, 0.05) is 37.9 Å². The van der Waals surface area contributed by atoms with Gasteiger partial charge in [0.05, 0.1) is 4.90 Å². The Hall–Kier alpha value is -1.89. The highest BCUT2D eigenvalue weighted by Gasteiger charge is 2.21. The van der Waals surface area contributed by atoms with Crippen molar-refractivity contribution in [3.8, 4) is 0 Å². The van der Waals surface area contributed by atoms with Gasteiger partial charge in [0.2, 0.25) is 10.0 Å². The van der Waals surface area contributed by atoms with E-state index in [2.05, 4.69) is 38.8 Å². The molecule has 0 amide bonds. The normalized spacial score (nSPS) is 16.9. The number of sulfonamides is 1. The molecule has 152 valence electrons. The van der Waals surface area contributed by atoms with Crippen molar-refractivity contribution < 1.29 is 8.42 Å².